The van der Waals surface area contributed by atoms with Gasteiger partial charge in [-0.2, -0.15) is 0 Å². The van der Waals surface area contributed by atoms with Crippen molar-refractivity contribution < 1.29 is 17.6 Å². The van der Waals surface area contributed by atoms with Crippen molar-refractivity contribution in [2.24, 2.45) is 0 Å². The Bertz CT molecular complexity index is 1220. The van der Waals surface area contributed by atoms with Crippen LogP contribution in [0.4, 0.5) is 17.6 Å². The van der Waals surface area contributed by atoms with E-state index in [4.69, 9.17) is 0 Å². The molecule has 0 radical (unpaired) electrons. The minimum absolute atomic E-state index is 0.0132. The molecule has 0 saturated carbocycles. The van der Waals surface area contributed by atoms with E-state index in [2.05, 4.69) is 30.6 Å². The van der Waals surface area contributed by atoms with E-state index >= 15 is 0 Å². The third-order valence-electron chi connectivity index (χ3n) is 5.39. The lowest BCUT2D eigenvalue weighted by molar-refractivity contribution is 0.545. The molecular weight excluding hydrogens is 436 g/mol. The van der Waals surface area contributed by atoms with Crippen LogP contribution in [-0.4, -0.2) is 0 Å². The van der Waals surface area contributed by atoms with Crippen molar-refractivity contribution in [3.05, 3.63) is 105 Å². The van der Waals surface area contributed by atoms with Crippen molar-refractivity contribution in [3.8, 4) is 23.7 Å². The Morgan fingerprint density at radius 1 is 0.559 bits per heavy atom. The highest BCUT2D eigenvalue weighted by atomic mass is 19.1. The molecule has 0 unspecified atom stereocenters. The van der Waals surface area contributed by atoms with Gasteiger partial charge in [0.2, 0.25) is 0 Å². The number of unbranched alkanes of at least 4 members (excludes halogenated alkanes) is 2. The summed E-state index contributed by atoms with van der Waals surface area (Å²) in [6.07, 6.45) is 4.84. The first-order valence-corrected chi connectivity index (χ1v) is 11.5. The second kappa shape index (κ2) is 12.1. The predicted molar refractivity (Wildman–Crippen MR) is 128 cm³/mol. The highest BCUT2D eigenvalue weighted by Gasteiger charge is 2.11. The van der Waals surface area contributed by atoms with E-state index in [9.17, 15) is 17.6 Å². The average molecular weight is 463 g/mol. The van der Waals surface area contributed by atoms with E-state index in [1.54, 1.807) is 0 Å². The highest BCUT2D eigenvalue weighted by Crippen LogP contribution is 2.19. The van der Waals surface area contributed by atoms with Crippen molar-refractivity contribution in [2.75, 3.05) is 0 Å². The SMILES string of the molecule is CCCCCc1c(F)cc(C#Cc2c(F)cc(C#Cc3ccc(CCC)cc3)cc2F)cc1F. The van der Waals surface area contributed by atoms with Crippen molar-refractivity contribution in [3.63, 3.8) is 0 Å². The Kier molecular flexibility index (Phi) is 8.94. The third kappa shape index (κ3) is 6.75. The third-order valence-corrected chi connectivity index (χ3v) is 5.39. The van der Waals surface area contributed by atoms with Gasteiger partial charge in [0.15, 0.2) is 0 Å². The minimum atomic E-state index is -0.882. The van der Waals surface area contributed by atoms with Crippen LogP contribution >= 0.6 is 0 Å². The molecule has 0 aliphatic carbocycles. The predicted octanol–water partition coefficient (Wildman–Crippen LogP) is 7.73. The maximum atomic E-state index is 14.5. The quantitative estimate of drug-likeness (QED) is 0.200. The topological polar surface area (TPSA) is 0 Å². The molecule has 0 spiro atoms. The van der Waals surface area contributed by atoms with Crippen LogP contribution in [0.2, 0.25) is 0 Å². The molecule has 0 atom stereocenters. The fourth-order valence-electron chi connectivity index (χ4n) is 3.55. The van der Waals surface area contributed by atoms with Gasteiger partial charge in [-0.15, -0.1) is 0 Å². The lowest BCUT2D eigenvalue weighted by Crippen LogP contribution is -1.98. The van der Waals surface area contributed by atoms with E-state index in [0.29, 0.717) is 12.8 Å². The molecular formula is C30H26F4. The molecule has 0 bridgehead atoms. The van der Waals surface area contributed by atoms with Gasteiger partial charge in [0, 0.05) is 22.3 Å². The largest absolute Gasteiger partial charge is 0.207 e. The molecule has 4 heteroatoms. The number of benzene rings is 3. The standard InChI is InChI=1S/C30H26F4/c1-3-5-6-8-25-27(31)19-24(20-28(25)32)15-16-26-29(33)17-23(18-30(26)34)14-13-22-11-9-21(7-4-2)10-12-22/h9-12,17-20H,3-8H2,1-2H3. The summed E-state index contributed by atoms with van der Waals surface area (Å²) in [7, 11) is 0. The molecule has 3 rings (SSSR count). The molecule has 0 N–H and O–H groups in total. The van der Waals surface area contributed by atoms with E-state index in [1.165, 1.54) is 5.56 Å². The van der Waals surface area contributed by atoms with Gasteiger partial charge in [-0.3, -0.25) is 0 Å². The molecule has 0 heterocycles. The van der Waals surface area contributed by atoms with E-state index < -0.39 is 28.8 Å². The van der Waals surface area contributed by atoms with Gasteiger partial charge in [-0.1, -0.05) is 68.9 Å². The van der Waals surface area contributed by atoms with Crippen LogP contribution in [0.5, 0.6) is 0 Å². The van der Waals surface area contributed by atoms with Crippen LogP contribution in [0.3, 0.4) is 0 Å². The summed E-state index contributed by atoms with van der Waals surface area (Å²) in [6.45, 7) is 4.11. The maximum absolute atomic E-state index is 14.5. The number of halogens is 4. The number of hydrogen-bond donors (Lipinski definition) is 0. The van der Waals surface area contributed by atoms with Crippen molar-refractivity contribution in [1.82, 2.24) is 0 Å². The first-order chi connectivity index (χ1) is 16.4. The molecule has 174 valence electrons. The Balaban J connectivity index is 1.79. The van der Waals surface area contributed by atoms with Crippen molar-refractivity contribution in [1.29, 1.82) is 0 Å². The monoisotopic (exact) mass is 462 g/mol. The summed E-state index contributed by atoms with van der Waals surface area (Å²) in [5.74, 6) is 7.32. The van der Waals surface area contributed by atoms with Gasteiger partial charge in [-0.05, 0) is 61.2 Å². The zero-order valence-electron chi connectivity index (χ0n) is 19.4. The van der Waals surface area contributed by atoms with Crippen molar-refractivity contribution in [2.45, 2.75) is 52.4 Å². The van der Waals surface area contributed by atoms with Crippen LogP contribution < -0.4 is 0 Å². The fraction of sp³-hybridized carbons (Fsp3) is 0.267. The first kappa shape index (κ1) is 25.1. The maximum Gasteiger partial charge on any atom is 0.143 e. The second-order valence-corrected chi connectivity index (χ2v) is 8.14. The molecule has 0 aliphatic heterocycles. The zero-order valence-corrected chi connectivity index (χ0v) is 19.4. The van der Waals surface area contributed by atoms with E-state index in [1.807, 2.05) is 31.2 Å². The van der Waals surface area contributed by atoms with Crippen LogP contribution in [0.15, 0.2) is 48.5 Å². The Labute approximate surface area is 199 Å². The van der Waals surface area contributed by atoms with Gasteiger partial charge in [0.25, 0.3) is 0 Å². The molecule has 3 aromatic rings. The molecule has 0 aromatic heterocycles. The van der Waals surface area contributed by atoms with Gasteiger partial charge in [0.1, 0.15) is 23.3 Å². The summed E-state index contributed by atoms with van der Waals surface area (Å²) < 4.78 is 57.6. The highest BCUT2D eigenvalue weighted by molar-refractivity contribution is 5.50. The fourth-order valence-corrected chi connectivity index (χ4v) is 3.55. The lowest BCUT2D eigenvalue weighted by Gasteiger charge is -2.05. The summed E-state index contributed by atoms with van der Waals surface area (Å²) in [5, 5.41) is 0. The zero-order chi connectivity index (χ0) is 24.5. The minimum Gasteiger partial charge on any atom is -0.207 e. The molecule has 0 fully saturated rings. The summed E-state index contributed by atoms with van der Waals surface area (Å²) in [5.41, 5.74) is 1.68. The normalized spacial score (nSPS) is 10.3. The first-order valence-electron chi connectivity index (χ1n) is 11.5. The Morgan fingerprint density at radius 3 is 1.65 bits per heavy atom. The number of rotatable bonds is 6. The molecule has 0 nitrogen and oxygen atoms in total. The van der Waals surface area contributed by atoms with Gasteiger partial charge in [0.05, 0.1) is 5.56 Å². The summed E-state index contributed by atoms with van der Waals surface area (Å²) in [6, 6.07) is 12.1. The second-order valence-electron chi connectivity index (χ2n) is 8.14. The molecule has 0 saturated heterocycles. The Hall–Kier alpha value is -3.50. The summed E-state index contributed by atoms with van der Waals surface area (Å²) in [4.78, 5) is 0. The Morgan fingerprint density at radius 2 is 1.09 bits per heavy atom. The van der Waals surface area contributed by atoms with Crippen LogP contribution in [-0.2, 0) is 12.8 Å². The number of aryl methyl sites for hydroxylation is 1. The molecule has 0 amide bonds. The molecule has 0 aliphatic rings. The van der Waals surface area contributed by atoms with Crippen LogP contribution in [0, 0.1) is 47.0 Å². The van der Waals surface area contributed by atoms with E-state index in [0.717, 1.165) is 55.5 Å². The molecule has 3 aromatic carbocycles. The van der Waals surface area contributed by atoms with Crippen LogP contribution in [0.1, 0.15) is 72.9 Å². The van der Waals surface area contributed by atoms with E-state index in [-0.39, 0.29) is 16.7 Å². The molecule has 34 heavy (non-hydrogen) atoms. The van der Waals surface area contributed by atoms with Crippen LogP contribution in [0.25, 0.3) is 0 Å². The lowest BCUT2D eigenvalue weighted by atomic mass is 10.0. The van der Waals surface area contributed by atoms with Crippen molar-refractivity contribution >= 4 is 0 Å². The smallest absolute Gasteiger partial charge is 0.143 e. The van der Waals surface area contributed by atoms with Gasteiger partial charge >= 0.3 is 0 Å². The van der Waals surface area contributed by atoms with Gasteiger partial charge in [-0.25, -0.2) is 17.6 Å². The average Bonchev–Trinajstić information content (AvgIpc) is 2.80. The number of hydrogen-bond acceptors (Lipinski definition) is 0. The van der Waals surface area contributed by atoms with Gasteiger partial charge < -0.3 is 0 Å². The summed E-state index contributed by atoms with van der Waals surface area (Å²) >= 11 is 0.